The minimum atomic E-state index is -2.57. The normalized spacial score (nSPS) is 38.9. The number of rotatable bonds is 11. The Hall–Kier alpha value is -2.81. The number of aliphatic hydroxyl groups excluding tert-OH is 1. The van der Waals surface area contributed by atoms with Gasteiger partial charge in [0.15, 0.2) is 11.5 Å². The van der Waals surface area contributed by atoms with E-state index in [-0.39, 0.29) is 34.5 Å². The molecule has 9 heteroatoms. The number of esters is 1. The SMILES string of the molecule is C[C@H](Cc1ccc2c(c1)OC(C(=O)O)(C(=O)OC(C13CC4CC(CC(C4)C1)C3)C13CC4CC(CC(C4)C1)C3)O2)NC[C@H](O)c1cccc(Cl)c1. The molecule has 0 spiro atoms. The maximum atomic E-state index is 14.5. The van der Waals surface area contributed by atoms with Crippen molar-refractivity contribution >= 4 is 23.5 Å². The fraction of sp³-hybridized carbons (Fsp3) is 0.659. The first-order chi connectivity index (χ1) is 24.0. The number of nitrogens with one attached hydrogen (secondary N) is 1. The molecule has 0 amide bonds. The maximum Gasteiger partial charge on any atom is 0.453 e. The first kappa shape index (κ1) is 33.1. The lowest BCUT2D eigenvalue weighted by atomic mass is 9.41. The first-order valence-corrected chi connectivity index (χ1v) is 19.5. The van der Waals surface area contributed by atoms with Crippen molar-refractivity contribution in [2.45, 2.75) is 114 Å². The molecule has 8 nitrogen and oxygen atoms in total. The van der Waals surface area contributed by atoms with Crippen molar-refractivity contribution in [2.24, 2.45) is 46.3 Å². The second-order valence-electron chi connectivity index (χ2n) is 17.8. The average molecular weight is 704 g/mol. The molecule has 1 heterocycles. The second-order valence-corrected chi connectivity index (χ2v) is 18.3. The van der Waals surface area contributed by atoms with E-state index in [4.69, 9.17) is 25.8 Å². The van der Waals surface area contributed by atoms with Crippen LogP contribution in [0.5, 0.6) is 11.5 Å². The number of halogens is 1. The Balaban J connectivity index is 0.940. The molecule has 0 aromatic heterocycles. The van der Waals surface area contributed by atoms with Gasteiger partial charge < -0.3 is 29.7 Å². The Bertz CT molecular complexity index is 1560. The van der Waals surface area contributed by atoms with Crippen LogP contribution >= 0.6 is 11.6 Å². The lowest BCUT2D eigenvalue weighted by Gasteiger charge is -2.66. The summed E-state index contributed by atoms with van der Waals surface area (Å²) in [6.45, 7) is 2.36. The molecule has 0 saturated heterocycles. The number of carbonyl (C=O) groups excluding carboxylic acids is 1. The zero-order chi connectivity index (χ0) is 34.4. The van der Waals surface area contributed by atoms with Gasteiger partial charge in [-0.05, 0) is 161 Å². The third-order valence-electron chi connectivity index (χ3n) is 14.0. The monoisotopic (exact) mass is 703 g/mol. The fourth-order valence-electron chi connectivity index (χ4n) is 13.1. The molecule has 50 heavy (non-hydrogen) atoms. The molecular weight excluding hydrogens is 654 g/mol. The van der Waals surface area contributed by atoms with Crippen molar-refractivity contribution in [1.82, 2.24) is 5.32 Å². The summed E-state index contributed by atoms with van der Waals surface area (Å²) in [7, 11) is 0. The molecule has 3 N–H and O–H groups in total. The number of carboxylic acids is 1. The second kappa shape index (κ2) is 12.1. The van der Waals surface area contributed by atoms with Gasteiger partial charge in [0.25, 0.3) is 0 Å². The third kappa shape index (κ3) is 5.63. The summed E-state index contributed by atoms with van der Waals surface area (Å²) < 4.78 is 18.9. The zero-order valence-electron chi connectivity index (χ0n) is 29.0. The van der Waals surface area contributed by atoms with Gasteiger partial charge in [-0.1, -0.05) is 29.8 Å². The van der Waals surface area contributed by atoms with Crippen molar-refractivity contribution in [2.75, 3.05) is 6.54 Å². The third-order valence-corrected chi connectivity index (χ3v) is 14.2. The van der Waals surface area contributed by atoms with Gasteiger partial charge in [0.1, 0.15) is 6.10 Å². The summed E-state index contributed by atoms with van der Waals surface area (Å²) in [5.74, 6) is -0.412. The summed E-state index contributed by atoms with van der Waals surface area (Å²) in [5, 5.41) is 25.2. The van der Waals surface area contributed by atoms with Gasteiger partial charge >= 0.3 is 17.7 Å². The van der Waals surface area contributed by atoms with Gasteiger partial charge in [-0.25, -0.2) is 9.59 Å². The minimum absolute atomic E-state index is 0.0141. The first-order valence-electron chi connectivity index (χ1n) is 19.1. The van der Waals surface area contributed by atoms with Crippen LogP contribution in [0.2, 0.25) is 5.02 Å². The van der Waals surface area contributed by atoms with E-state index >= 15 is 0 Å². The molecule has 8 bridgehead atoms. The van der Waals surface area contributed by atoms with Crippen LogP contribution in [0.1, 0.15) is 101 Å². The highest BCUT2D eigenvalue weighted by atomic mass is 35.5. The molecule has 3 atom stereocenters. The average Bonchev–Trinajstić information content (AvgIpc) is 3.45. The Labute approximate surface area is 299 Å². The van der Waals surface area contributed by atoms with E-state index in [1.165, 1.54) is 38.5 Å². The number of carbonyl (C=O) groups is 2. The van der Waals surface area contributed by atoms with Crippen molar-refractivity contribution in [3.63, 3.8) is 0 Å². The highest BCUT2D eigenvalue weighted by Crippen LogP contribution is 2.70. The number of carboxylic acid groups (broad SMARTS) is 1. The Morgan fingerprint density at radius 3 is 1.90 bits per heavy atom. The van der Waals surface area contributed by atoms with E-state index in [2.05, 4.69) is 5.32 Å². The van der Waals surface area contributed by atoms with E-state index in [0.717, 1.165) is 49.7 Å². The van der Waals surface area contributed by atoms with E-state index in [1.54, 1.807) is 24.3 Å². The molecule has 1 aliphatic heterocycles. The number of benzene rings is 2. The van der Waals surface area contributed by atoms with Crippen molar-refractivity contribution in [3.05, 3.63) is 58.6 Å². The Morgan fingerprint density at radius 2 is 1.38 bits per heavy atom. The topological polar surface area (TPSA) is 114 Å². The zero-order valence-corrected chi connectivity index (χ0v) is 29.7. The van der Waals surface area contributed by atoms with E-state index in [9.17, 15) is 19.8 Å². The maximum absolute atomic E-state index is 14.5. The minimum Gasteiger partial charge on any atom is -0.475 e. The van der Waals surface area contributed by atoms with Gasteiger partial charge in [0.05, 0.1) is 6.10 Å². The highest BCUT2D eigenvalue weighted by Gasteiger charge is 2.67. The predicted molar refractivity (Wildman–Crippen MR) is 187 cm³/mol. The summed E-state index contributed by atoms with van der Waals surface area (Å²) in [5.41, 5.74) is 1.46. The summed E-state index contributed by atoms with van der Waals surface area (Å²) in [6.07, 6.45) is 13.9. The van der Waals surface area contributed by atoms with Gasteiger partial charge in [0.2, 0.25) is 0 Å². The van der Waals surface area contributed by atoms with Crippen LogP contribution in [0.4, 0.5) is 0 Å². The molecule has 2 aromatic rings. The molecule has 2 aromatic carbocycles. The summed E-state index contributed by atoms with van der Waals surface area (Å²) >= 11 is 6.10. The van der Waals surface area contributed by atoms with Crippen LogP contribution in [0.3, 0.4) is 0 Å². The quantitative estimate of drug-likeness (QED) is 0.163. The van der Waals surface area contributed by atoms with Gasteiger partial charge in [-0.15, -0.1) is 0 Å². The van der Waals surface area contributed by atoms with Crippen molar-refractivity contribution in [3.8, 4) is 11.5 Å². The van der Waals surface area contributed by atoms with Gasteiger partial charge in [-0.3, -0.25) is 0 Å². The number of ether oxygens (including phenoxy) is 3. The number of hydrogen-bond acceptors (Lipinski definition) is 7. The summed E-state index contributed by atoms with van der Waals surface area (Å²) in [4.78, 5) is 27.6. The fourth-order valence-corrected chi connectivity index (χ4v) is 13.3. The molecular formula is C41H50ClNO7. The highest BCUT2D eigenvalue weighted by molar-refractivity contribution is 6.30. The standard InChI is InChI=1S/C41H50ClNO7/c1-23(43-22-33(44)31-3-2-4-32(42)15-31)7-24-5-6-34-35(14-24)50-41(49-34,37(45)46)38(47)48-36(39-16-25-8-26(17-39)10-27(9-25)18-39)40-19-28-11-29(20-40)13-30(12-28)21-40/h2-6,14-15,23,25-30,33,36,43-44H,7-13,16-22H2,1H3,(H,45,46)/t23-,25?,26?,27?,28?,29?,30?,33+,36?,39?,40?,41?/m1/s1. The van der Waals surface area contributed by atoms with Crippen LogP contribution in [0.15, 0.2) is 42.5 Å². The Morgan fingerprint density at radius 1 is 0.840 bits per heavy atom. The van der Waals surface area contributed by atoms with Crippen LogP contribution in [0.25, 0.3) is 0 Å². The van der Waals surface area contributed by atoms with Crippen LogP contribution < -0.4 is 14.8 Å². The van der Waals surface area contributed by atoms with Crippen molar-refractivity contribution < 1.29 is 34.0 Å². The van der Waals surface area contributed by atoms with E-state index < -0.39 is 23.8 Å². The smallest absolute Gasteiger partial charge is 0.453 e. The summed E-state index contributed by atoms with van der Waals surface area (Å²) in [6, 6.07) is 12.5. The molecule has 11 rings (SSSR count). The van der Waals surface area contributed by atoms with E-state index in [0.29, 0.717) is 53.5 Å². The van der Waals surface area contributed by atoms with Crippen LogP contribution in [-0.4, -0.2) is 46.6 Å². The molecule has 1 unspecified atom stereocenters. The largest absolute Gasteiger partial charge is 0.475 e. The molecule has 9 aliphatic rings. The number of hydrogen-bond donors (Lipinski definition) is 3. The number of fused-ring (bicyclic) bond motifs is 1. The van der Waals surface area contributed by atoms with Crippen LogP contribution in [-0.2, 0) is 20.7 Å². The molecule has 0 radical (unpaired) electrons. The Kier molecular flexibility index (Phi) is 8.02. The lowest BCUT2D eigenvalue weighted by Crippen LogP contribution is -2.64. The van der Waals surface area contributed by atoms with Crippen LogP contribution in [0, 0.1) is 46.3 Å². The lowest BCUT2D eigenvalue weighted by molar-refractivity contribution is -0.242. The molecule has 8 fully saturated rings. The molecule has 8 saturated carbocycles. The number of aliphatic hydroxyl groups is 1. The molecule has 8 aliphatic carbocycles. The van der Waals surface area contributed by atoms with Gasteiger partial charge in [0, 0.05) is 28.4 Å². The molecule has 268 valence electrons. The number of aliphatic carboxylic acids is 1. The van der Waals surface area contributed by atoms with Gasteiger partial charge in [-0.2, -0.15) is 0 Å². The van der Waals surface area contributed by atoms with Crippen molar-refractivity contribution in [1.29, 1.82) is 0 Å². The predicted octanol–water partition coefficient (Wildman–Crippen LogP) is 7.49. The van der Waals surface area contributed by atoms with E-state index in [1.807, 2.05) is 25.1 Å².